The van der Waals surface area contributed by atoms with Crippen molar-refractivity contribution >= 4 is 28.2 Å². The molecule has 3 aromatic rings. The van der Waals surface area contributed by atoms with Crippen molar-refractivity contribution in [2.45, 2.75) is 63.2 Å². The molecule has 3 fully saturated rings. The molecule has 0 unspecified atom stereocenters. The number of aromatic nitrogens is 2. The number of hydrogen-bond acceptors (Lipinski definition) is 4. The molecule has 6 heteroatoms. The van der Waals surface area contributed by atoms with E-state index in [4.69, 9.17) is 23.0 Å². The summed E-state index contributed by atoms with van der Waals surface area (Å²) in [5.74, 6) is 5.17. The second-order valence-electron chi connectivity index (χ2n) is 12.2. The highest BCUT2D eigenvalue weighted by molar-refractivity contribution is 6.35. The van der Waals surface area contributed by atoms with Gasteiger partial charge in [-0.15, -0.1) is 12.3 Å². The number of halogens is 1. The van der Waals surface area contributed by atoms with Gasteiger partial charge in [0, 0.05) is 44.3 Å². The van der Waals surface area contributed by atoms with Crippen molar-refractivity contribution in [1.82, 2.24) is 14.5 Å². The fourth-order valence-corrected chi connectivity index (χ4v) is 8.18. The lowest BCUT2D eigenvalue weighted by atomic mass is 9.70. The van der Waals surface area contributed by atoms with Crippen LogP contribution in [0.25, 0.3) is 16.6 Å². The SMILES string of the molecule is C#CC1CCC(CN2CCN(c3ccc4c(c3)-n3c(nc(=O)c5c(Cl)cccc53)C43CCCCC3)CC2)CC1. The van der Waals surface area contributed by atoms with Crippen molar-refractivity contribution in [2.75, 3.05) is 37.6 Å². The maximum atomic E-state index is 13.2. The minimum atomic E-state index is -0.205. The van der Waals surface area contributed by atoms with E-state index in [0.29, 0.717) is 16.3 Å². The van der Waals surface area contributed by atoms with Crippen molar-refractivity contribution in [1.29, 1.82) is 0 Å². The number of terminal acetylenes is 1. The van der Waals surface area contributed by atoms with Gasteiger partial charge in [0.25, 0.3) is 5.56 Å². The molecule has 2 saturated carbocycles. The van der Waals surface area contributed by atoms with Crippen molar-refractivity contribution < 1.29 is 0 Å². The Morgan fingerprint density at radius 1 is 1.00 bits per heavy atom. The lowest BCUT2D eigenvalue weighted by molar-refractivity contribution is 0.183. The minimum Gasteiger partial charge on any atom is -0.369 e. The lowest BCUT2D eigenvalue weighted by Crippen LogP contribution is -2.48. The van der Waals surface area contributed by atoms with Crippen molar-refractivity contribution in [3.05, 3.63) is 63.2 Å². The molecule has 0 amide bonds. The van der Waals surface area contributed by atoms with Gasteiger partial charge in [-0.1, -0.05) is 43.0 Å². The highest BCUT2D eigenvalue weighted by atomic mass is 35.5. The Hall–Kier alpha value is -2.81. The Morgan fingerprint density at radius 2 is 1.77 bits per heavy atom. The van der Waals surface area contributed by atoms with Crippen LogP contribution in [-0.2, 0) is 5.41 Å². The molecule has 0 bridgehead atoms. The monoisotopic (exact) mass is 540 g/mol. The predicted molar refractivity (Wildman–Crippen MR) is 159 cm³/mol. The van der Waals surface area contributed by atoms with Gasteiger partial charge in [-0.3, -0.25) is 14.3 Å². The molecule has 4 aliphatic rings. The maximum absolute atomic E-state index is 13.2. The Balaban J connectivity index is 1.19. The van der Waals surface area contributed by atoms with E-state index in [9.17, 15) is 4.79 Å². The van der Waals surface area contributed by atoms with Gasteiger partial charge < -0.3 is 4.90 Å². The molecular weight excluding hydrogens is 504 g/mol. The zero-order valence-corrected chi connectivity index (χ0v) is 23.4. The lowest BCUT2D eigenvalue weighted by Gasteiger charge is -2.39. The summed E-state index contributed by atoms with van der Waals surface area (Å²) in [6.07, 6.45) is 16.2. The Labute approximate surface area is 236 Å². The van der Waals surface area contributed by atoms with Crippen LogP contribution >= 0.6 is 11.6 Å². The maximum Gasteiger partial charge on any atom is 0.282 e. The van der Waals surface area contributed by atoms with E-state index < -0.39 is 0 Å². The van der Waals surface area contributed by atoms with Crippen LogP contribution in [0.4, 0.5) is 5.69 Å². The topological polar surface area (TPSA) is 41.4 Å². The number of piperazine rings is 1. The quantitative estimate of drug-likeness (QED) is 0.373. The van der Waals surface area contributed by atoms with Crippen molar-refractivity contribution in [2.24, 2.45) is 11.8 Å². The van der Waals surface area contributed by atoms with Crippen molar-refractivity contribution in [3.8, 4) is 18.0 Å². The standard InChI is InChI=1S/C33H37ClN4O/c1-2-23-9-11-24(12-10-23)22-36-17-19-37(20-18-36)25-13-14-26-29(21-25)38-28-8-6-7-27(34)30(28)31(39)35-32(38)33(26)15-4-3-5-16-33/h1,6-8,13-14,21,23-24H,3-5,9-12,15-20,22H2. The number of rotatable bonds is 3. The predicted octanol–water partition coefficient (Wildman–Crippen LogP) is 6.16. The third-order valence-electron chi connectivity index (χ3n) is 10.1. The van der Waals surface area contributed by atoms with Crippen LogP contribution in [0.2, 0.25) is 5.02 Å². The Bertz CT molecular complexity index is 1500. The molecule has 39 heavy (non-hydrogen) atoms. The van der Waals surface area contributed by atoms with Crippen LogP contribution < -0.4 is 10.5 Å². The summed E-state index contributed by atoms with van der Waals surface area (Å²) in [4.78, 5) is 23.2. The summed E-state index contributed by atoms with van der Waals surface area (Å²) in [6.45, 7) is 5.47. The van der Waals surface area contributed by atoms with Gasteiger partial charge in [-0.05, 0) is 74.3 Å². The zero-order valence-electron chi connectivity index (χ0n) is 22.7. The average Bonchev–Trinajstić information content (AvgIpc) is 3.22. The minimum absolute atomic E-state index is 0.182. The van der Waals surface area contributed by atoms with Gasteiger partial charge in [0.05, 0.1) is 27.0 Å². The molecule has 0 atom stereocenters. The smallest absolute Gasteiger partial charge is 0.282 e. The molecule has 2 aliphatic carbocycles. The fourth-order valence-electron chi connectivity index (χ4n) is 7.93. The summed E-state index contributed by atoms with van der Waals surface area (Å²) in [7, 11) is 0. The van der Waals surface area contributed by atoms with E-state index in [0.717, 1.165) is 69.1 Å². The highest BCUT2D eigenvalue weighted by Gasteiger charge is 2.46. The van der Waals surface area contributed by atoms with Crippen LogP contribution in [0.1, 0.15) is 69.2 Å². The zero-order chi connectivity index (χ0) is 26.6. The first kappa shape index (κ1) is 25.2. The first-order valence-electron chi connectivity index (χ1n) is 14.9. The normalized spacial score (nSPS) is 24.5. The van der Waals surface area contributed by atoms with E-state index in [2.05, 4.69) is 38.5 Å². The van der Waals surface area contributed by atoms with E-state index in [1.54, 1.807) is 6.07 Å². The van der Waals surface area contributed by atoms with Gasteiger partial charge in [0.1, 0.15) is 5.82 Å². The second-order valence-corrected chi connectivity index (χ2v) is 12.6. The summed E-state index contributed by atoms with van der Waals surface area (Å²) >= 11 is 6.54. The molecule has 202 valence electrons. The van der Waals surface area contributed by atoms with E-state index >= 15 is 0 Å². The van der Waals surface area contributed by atoms with Crippen LogP contribution in [0.15, 0.2) is 41.2 Å². The van der Waals surface area contributed by atoms with Crippen LogP contribution in [0.3, 0.4) is 0 Å². The largest absolute Gasteiger partial charge is 0.369 e. The van der Waals surface area contributed by atoms with Crippen LogP contribution in [-0.4, -0.2) is 47.2 Å². The van der Waals surface area contributed by atoms with Gasteiger partial charge in [-0.25, -0.2) is 0 Å². The number of benzene rings is 2. The Morgan fingerprint density at radius 3 is 2.51 bits per heavy atom. The molecule has 3 heterocycles. The average molecular weight is 541 g/mol. The molecule has 2 aliphatic heterocycles. The molecule has 7 rings (SSSR count). The number of nitrogens with zero attached hydrogens (tertiary/aromatic N) is 4. The van der Waals surface area contributed by atoms with E-state index in [1.807, 2.05) is 12.1 Å². The summed E-state index contributed by atoms with van der Waals surface area (Å²) in [5.41, 5.74) is 4.25. The first-order valence-corrected chi connectivity index (χ1v) is 15.3. The van der Waals surface area contributed by atoms with E-state index in [1.165, 1.54) is 55.6 Å². The van der Waals surface area contributed by atoms with Gasteiger partial charge >= 0.3 is 0 Å². The number of fused-ring (bicyclic) bond motifs is 7. The molecule has 1 aromatic heterocycles. The van der Waals surface area contributed by atoms with Crippen LogP contribution in [0.5, 0.6) is 0 Å². The highest BCUT2D eigenvalue weighted by Crippen LogP contribution is 2.52. The molecule has 1 spiro atoms. The number of hydrogen-bond donors (Lipinski definition) is 0. The fraction of sp³-hybridized carbons (Fsp3) is 0.515. The summed E-state index contributed by atoms with van der Waals surface area (Å²) < 4.78 is 2.26. The summed E-state index contributed by atoms with van der Waals surface area (Å²) in [5, 5.41) is 1.00. The van der Waals surface area contributed by atoms with E-state index in [-0.39, 0.29) is 11.0 Å². The Kier molecular flexibility index (Phi) is 6.45. The second kappa shape index (κ2) is 9.98. The third kappa shape index (κ3) is 4.19. The number of anilines is 1. The van der Waals surface area contributed by atoms with Gasteiger partial charge in [-0.2, -0.15) is 4.98 Å². The molecule has 2 aromatic carbocycles. The first-order chi connectivity index (χ1) is 19.1. The van der Waals surface area contributed by atoms with Gasteiger partial charge in [0.15, 0.2) is 0 Å². The molecule has 1 saturated heterocycles. The molecule has 5 nitrogen and oxygen atoms in total. The molecular formula is C33H37ClN4O. The van der Waals surface area contributed by atoms with Crippen molar-refractivity contribution in [3.63, 3.8) is 0 Å². The molecule has 0 radical (unpaired) electrons. The summed E-state index contributed by atoms with van der Waals surface area (Å²) in [6, 6.07) is 12.8. The third-order valence-corrected chi connectivity index (χ3v) is 10.4. The van der Waals surface area contributed by atoms with Crippen LogP contribution in [0, 0.1) is 24.2 Å². The van der Waals surface area contributed by atoms with Gasteiger partial charge in [0.2, 0.25) is 0 Å². The molecule has 0 N–H and O–H groups in total.